The van der Waals surface area contributed by atoms with Gasteiger partial charge in [-0.3, -0.25) is 4.79 Å². The normalized spacial score (nSPS) is 22.2. The van der Waals surface area contributed by atoms with Crippen molar-refractivity contribution in [3.05, 3.63) is 40.6 Å². The van der Waals surface area contributed by atoms with Crippen molar-refractivity contribution in [1.29, 1.82) is 0 Å². The van der Waals surface area contributed by atoms with Gasteiger partial charge < -0.3 is 15.6 Å². The highest BCUT2D eigenvalue weighted by Crippen LogP contribution is 2.30. The van der Waals surface area contributed by atoms with Crippen molar-refractivity contribution in [1.82, 2.24) is 14.9 Å². The maximum atomic E-state index is 11.1. The molecule has 0 bridgehead atoms. The molecule has 1 saturated carbocycles. The molecule has 2 heterocycles. The Balaban J connectivity index is 1.61. The van der Waals surface area contributed by atoms with E-state index in [1.54, 1.807) is 11.3 Å². The van der Waals surface area contributed by atoms with Crippen molar-refractivity contribution in [2.75, 3.05) is 0 Å². The average molecular weight is 290 g/mol. The van der Waals surface area contributed by atoms with E-state index in [-0.39, 0.29) is 5.91 Å². The van der Waals surface area contributed by atoms with Crippen molar-refractivity contribution in [3.8, 4) is 0 Å². The van der Waals surface area contributed by atoms with E-state index in [0.29, 0.717) is 17.6 Å². The zero-order chi connectivity index (χ0) is 13.9. The van der Waals surface area contributed by atoms with E-state index >= 15 is 0 Å². The van der Waals surface area contributed by atoms with Crippen LogP contribution in [0.2, 0.25) is 0 Å². The number of primary amides is 1. The summed E-state index contributed by atoms with van der Waals surface area (Å²) in [5, 5.41) is 5.42. The molecule has 2 aromatic heterocycles. The van der Waals surface area contributed by atoms with Gasteiger partial charge in [0.15, 0.2) is 0 Å². The molecule has 2 aromatic rings. The Kier molecular flexibility index (Phi) is 3.84. The Morgan fingerprint density at radius 2 is 2.45 bits per heavy atom. The molecule has 20 heavy (non-hydrogen) atoms. The number of nitrogens with two attached hydrogens (primary N) is 1. The molecule has 3 N–H and O–H groups in total. The number of imidazole rings is 1. The molecule has 2 atom stereocenters. The van der Waals surface area contributed by atoms with E-state index in [9.17, 15) is 4.79 Å². The molecule has 5 nitrogen and oxygen atoms in total. The van der Waals surface area contributed by atoms with Crippen molar-refractivity contribution < 1.29 is 4.79 Å². The van der Waals surface area contributed by atoms with Crippen LogP contribution < -0.4 is 11.1 Å². The van der Waals surface area contributed by atoms with Crippen LogP contribution >= 0.6 is 11.3 Å². The predicted molar refractivity (Wildman–Crippen MR) is 78.6 cm³/mol. The van der Waals surface area contributed by atoms with Crippen molar-refractivity contribution >= 4 is 17.2 Å². The van der Waals surface area contributed by atoms with Crippen LogP contribution in [0, 0.1) is 0 Å². The van der Waals surface area contributed by atoms with Gasteiger partial charge in [0.1, 0.15) is 0 Å². The summed E-state index contributed by atoms with van der Waals surface area (Å²) in [6, 6.07) is 2.82. The first kappa shape index (κ1) is 13.3. The van der Waals surface area contributed by atoms with E-state index < -0.39 is 0 Å². The summed E-state index contributed by atoms with van der Waals surface area (Å²) in [5.74, 6) is -0.357. The predicted octanol–water partition coefficient (Wildman–Crippen LogP) is 1.93. The van der Waals surface area contributed by atoms with Crippen LogP contribution in [0.25, 0.3) is 0 Å². The smallest absolute Gasteiger partial charge is 0.249 e. The summed E-state index contributed by atoms with van der Waals surface area (Å²) >= 11 is 1.58. The Morgan fingerprint density at radius 3 is 3.15 bits per heavy atom. The van der Waals surface area contributed by atoms with Gasteiger partial charge in [0.25, 0.3) is 0 Å². The summed E-state index contributed by atoms with van der Waals surface area (Å²) < 4.78 is 2.19. The third-order valence-electron chi connectivity index (χ3n) is 3.86. The molecule has 106 valence electrons. The standard InChI is InChI=1S/C14H18N4OS/c15-14(19)10-6-11(20-8-10)7-17-12-2-1-3-13(12)18-5-4-16-9-18/h4-6,8-9,12-13,17H,1-3,7H2,(H2,15,19). The molecular weight excluding hydrogens is 272 g/mol. The fraction of sp³-hybridized carbons (Fsp3) is 0.429. The number of carbonyl (C=O) groups is 1. The van der Waals surface area contributed by atoms with Gasteiger partial charge in [-0.1, -0.05) is 0 Å². The fourth-order valence-electron chi connectivity index (χ4n) is 2.84. The minimum atomic E-state index is -0.357. The van der Waals surface area contributed by atoms with Crippen molar-refractivity contribution in [2.45, 2.75) is 37.9 Å². The van der Waals surface area contributed by atoms with E-state index in [1.807, 2.05) is 30.2 Å². The quantitative estimate of drug-likeness (QED) is 0.883. The number of nitrogens with zero attached hydrogens (tertiary/aromatic N) is 2. The van der Waals surface area contributed by atoms with Crippen LogP contribution in [0.1, 0.15) is 40.5 Å². The van der Waals surface area contributed by atoms with E-state index in [4.69, 9.17) is 5.73 Å². The number of hydrogen-bond donors (Lipinski definition) is 2. The molecule has 0 aromatic carbocycles. The Morgan fingerprint density at radius 1 is 1.55 bits per heavy atom. The lowest BCUT2D eigenvalue weighted by Gasteiger charge is -2.21. The zero-order valence-electron chi connectivity index (χ0n) is 11.2. The minimum absolute atomic E-state index is 0.357. The lowest BCUT2D eigenvalue weighted by molar-refractivity contribution is 0.100. The highest BCUT2D eigenvalue weighted by molar-refractivity contribution is 7.10. The van der Waals surface area contributed by atoms with Gasteiger partial charge in [-0.05, 0) is 25.3 Å². The van der Waals surface area contributed by atoms with Gasteiger partial charge in [-0.15, -0.1) is 11.3 Å². The largest absolute Gasteiger partial charge is 0.366 e. The number of hydrogen-bond acceptors (Lipinski definition) is 4. The summed E-state index contributed by atoms with van der Waals surface area (Å²) in [5.41, 5.74) is 5.87. The van der Waals surface area contributed by atoms with Crippen LogP contribution in [0.3, 0.4) is 0 Å². The van der Waals surface area contributed by atoms with Crippen LogP contribution in [-0.4, -0.2) is 21.5 Å². The van der Waals surface area contributed by atoms with Crippen LogP contribution in [0.5, 0.6) is 0 Å². The summed E-state index contributed by atoms with van der Waals surface area (Å²) in [7, 11) is 0. The lowest BCUT2D eigenvalue weighted by atomic mass is 10.1. The lowest BCUT2D eigenvalue weighted by Crippen LogP contribution is -2.32. The first-order valence-electron chi connectivity index (χ1n) is 6.82. The first-order valence-corrected chi connectivity index (χ1v) is 7.70. The van der Waals surface area contributed by atoms with Crippen molar-refractivity contribution in [3.63, 3.8) is 0 Å². The zero-order valence-corrected chi connectivity index (χ0v) is 12.0. The molecule has 0 radical (unpaired) electrons. The SMILES string of the molecule is NC(=O)c1csc(CNC2CCCC2n2ccnc2)c1. The molecule has 6 heteroatoms. The van der Waals surface area contributed by atoms with E-state index in [2.05, 4.69) is 14.9 Å². The maximum Gasteiger partial charge on any atom is 0.249 e. The number of aromatic nitrogens is 2. The Bertz CT molecular complexity index is 578. The number of amides is 1. The first-order chi connectivity index (χ1) is 9.74. The highest BCUT2D eigenvalue weighted by atomic mass is 32.1. The molecule has 1 aliphatic rings. The van der Waals surface area contributed by atoms with Crippen LogP contribution in [-0.2, 0) is 6.54 Å². The topological polar surface area (TPSA) is 72.9 Å². The van der Waals surface area contributed by atoms with Gasteiger partial charge >= 0.3 is 0 Å². The summed E-state index contributed by atoms with van der Waals surface area (Å²) in [4.78, 5) is 16.4. The van der Waals surface area contributed by atoms with Crippen molar-refractivity contribution in [2.24, 2.45) is 5.73 Å². The van der Waals surface area contributed by atoms with Gasteiger partial charge in [-0.2, -0.15) is 0 Å². The molecule has 0 saturated heterocycles. The fourth-order valence-corrected chi connectivity index (χ4v) is 3.66. The minimum Gasteiger partial charge on any atom is -0.366 e. The molecule has 3 rings (SSSR count). The van der Waals surface area contributed by atoms with E-state index in [0.717, 1.165) is 11.4 Å². The summed E-state index contributed by atoms with van der Waals surface area (Å²) in [6.07, 6.45) is 9.34. The number of nitrogens with one attached hydrogen (secondary N) is 1. The second-order valence-corrected chi connectivity index (χ2v) is 6.16. The molecular formula is C14H18N4OS. The van der Waals surface area contributed by atoms with Crippen LogP contribution in [0.4, 0.5) is 0 Å². The van der Waals surface area contributed by atoms with Gasteiger partial charge in [0, 0.05) is 41.3 Å². The Labute approximate surface area is 121 Å². The molecule has 0 spiro atoms. The van der Waals surface area contributed by atoms with Gasteiger partial charge in [0.05, 0.1) is 11.9 Å². The molecule has 1 fully saturated rings. The van der Waals surface area contributed by atoms with Gasteiger partial charge in [0.2, 0.25) is 5.91 Å². The number of rotatable bonds is 5. The molecule has 1 aliphatic carbocycles. The Hall–Kier alpha value is -1.66. The molecule has 2 unspecified atom stereocenters. The summed E-state index contributed by atoms with van der Waals surface area (Å²) in [6.45, 7) is 0.786. The second kappa shape index (κ2) is 5.76. The average Bonchev–Trinajstić information content (AvgIpc) is 3.17. The third kappa shape index (κ3) is 2.76. The molecule has 0 aliphatic heterocycles. The highest BCUT2D eigenvalue weighted by Gasteiger charge is 2.27. The molecule has 1 amide bonds. The van der Waals surface area contributed by atoms with Gasteiger partial charge in [-0.25, -0.2) is 4.98 Å². The van der Waals surface area contributed by atoms with Crippen LogP contribution in [0.15, 0.2) is 30.2 Å². The number of thiophene rings is 1. The maximum absolute atomic E-state index is 11.1. The second-order valence-electron chi connectivity index (χ2n) is 5.16. The monoisotopic (exact) mass is 290 g/mol. The third-order valence-corrected chi connectivity index (χ3v) is 4.80. The number of carbonyl (C=O) groups excluding carboxylic acids is 1. The van der Waals surface area contributed by atoms with E-state index in [1.165, 1.54) is 19.3 Å².